The van der Waals surface area contributed by atoms with Crippen LogP contribution in [0, 0.1) is 0 Å². The van der Waals surface area contributed by atoms with Crippen LogP contribution in [-0.2, 0) is 4.79 Å². The first-order valence-corrected chi connectivity index (χ1v) is 12.0. The maximum absolute atomic E-state index is 13.0. The first-order valence-electron chi connectivity index (χ1n) is 12.0. The van der Waals surface area contributed by atoms with Crippen molar-refractivity contribution >= 4 is 40.0 Å². The number of halogens is 1. The lowest BCUT2D eigenvalue weighted by Gasteiger charge is -2.33. The summed E-state index contributed by atoms with van der Waals surface area (Å²) in [6.45, 7) is 5.17. The fourth-order valence-corrected chi connectivity index (χ4v) is 4.14. The summed E-state index contributed by atoms with van der Waals surface area (Å²) in [5.41, 5.74) is 3.36. The van der Waals surface area contributed by atoms with E-state index in [4.69, 9.17) is 4.98 Å². The molecule has 1 saturated heterocycles. The molecule has 10 heteroatoms. The summed E-state index contributed by atoms with van der Waals surface area (Å²) in [7, 11) is 2.13. The van der Waals surface area contributed by atoms with Crippen LogP contribution in [0.1, 0.15) is 6.92 Å². The first-order chi connectivity index (χ1) is 17.9. The minimum atomic E-state index is -0.565. The monoisotopic (exact) mass is 498 g/mol. The number of carbonyl (C=O) groups excluding carboxylic acids is 1. The van der Waals surface area contributed by atoms with Gasteiger partial charge in [-0.05, 0) is 44.3 Å². The first kappa shape index (κ1) is 24.3. The van der Waals surface area contributed by atoms with Crippen LogP contribution in [-0.4, -0.2) is 64.0 Å². The van der Waals surface area contributed by atoms with Crippen molar-refractivity contribution in [2.24, 2.45) is 0 Å². The van der Waals surface area contributed by atoms with E-state index in [9.17, 15) is 9.18 Å². The number of allylic oxidation sites excluding steroid dienone is 1. The second kappa shape index (κ2) is 10.7. The second-order valence-corrected chi connectivity index (χ2v) is 8.91. The largest absolute Gasteiger partial charge is 0.354 e. The Kier molecular flexibility index (Phi) is 7.00. The van der Waals surface area contributed by atoms with Crippen LogP contribution in [0.2, 0.25) is 0 Å². The predicted octanol–water partition coefficient (Wildman–Crippen LogP) is 4.39. The molecule has 1 fully saturated rings. The molecule has 188 valence electrons. The maximum atomic E-state index is 13.0. The summed E-state index contributed by atoms with van der Waals surface area (Å²) in [5.74, 6) is 0.270. The molecule has 9 nitrogen and oxygen atoms in total. The average molecular weight is 499 g/mol. The molecule has 0 saturated carbocycles. The predicted molar refractivity (Wildman–Crippen MR) is 143 cm³/mol. The lowest BCUT2D eigenvalue weighted by atomic mass is 10.1. The fourth-order valence-electron chi connectivity index (χ4n) is 4.14. The van der Waals surface area contributed by atoms with Crippen molar-refractivity contribution in [2.45, 2.75) is 6.92 Å². The zero-order valence-corrected chi connectivity index (χ0v) is 20.6. The molecular formula is C27H27FN8O. The number of piperazine rings is 1. The number of likely N-dealkylation sites (N-methyl/N-ethyl adjacent to an activating group) is 1. The van der Waals surface area contributed by atoms with Crippen LogP contribution in [0.15, 0.2) is 73.0 Å². The number of carbonyl (C=O) groups is 1. The number of nitrogens with zero attached hydrogens (tertiary/aromatic N) is 6. The van der Waals surface area contributed by atoms with Gasteiger partial charge >= 0.3 is 0 Å². The van der Waals surface area contributed by atoms with Gasteiger partial charge < -0.3 is 20.4 Å². The van der Waals surface area contributed by atoms with E-state index < -0.39 is 11.7 Å². The topological polar surface area (TPSA) is 99.2 Å². The Bertz CT molecular complexity index is 1440. The smallest absolute Gasteiger partial charge is 0.250 e. The van der Waals surface area contributed by atoms with Crippen molar-refractivity contribution in [2.75, 3.05) is 48.8 Å². The molecule has 1 aliphatic heterocycles. The van der Waals surface area contributed by atoms with E-state index >= 15 is 0 Å². The number of hydrogen-bond donors (Lipinski definition) is 2. The maximum Gasteiger partial charge on any atom is 0.250 e. The van der Waals surface area contributed by atoms with Gasteiger partial charge in [0, 0.05) is 61.3 Å². The van der Waals surface area contributed by atoms with Crippen molar-refractivity contribution in [3.05, 3.63) is 73.0 Å². The minimum absolute atomic E-state index is 0.420. The van der Waals surface area contributed by atoms with Gasteiger partial charge in [0.1, 0.15) is 17.2 Å². The molecule has 0 bridgehead atoms. The summed E-state index contributed by atoms with van der Waals surface area (Å²) in [5, 5.41) is 6.72. The van der Waals surface area contributed by atoms with Gasteiger partial charge in [-0.1, -0.05) is 12.1 Å². The van der Waals surface area contributed by atoms with Gasteiger partial charge in [0.05, 0.1) is 17.6 Å². The molecule has 3 aromatic heterocycles. The van der Waals surface area contributed by atoms with E-state index in [0.717, 1.165) is 54.7 Å². The number of benzene rings is 1. The van der Waals surface area contributed by atoms with Gasteiger partial charge in [0.25, 0.3) is 5.91 Å². The number of rotatable bonds is 6. The number of nitrogens with one attached hydrogen (secondary N) is 2. The van der Waals surface area contributed by atoms with Gasteiger partial charge in [0.2, 0.25) is 5.95 Å². The van der Waals surface area contributed by atoms with Gasteiger partial charge in [0.15, 0.2) is 0 Å². The Hall–Kier alpha value is -4.44. The number of hydrogen-bond acceptors (Lipinski definition) is 8. The van der Waals surface area contributed by atoms with Crippen LogP contribution in [0.5, 0.6) is 0 Å². The molecule has 37 heavy (non-hydrogen) atoms. The molecule has 0 unspecified atom stereocenters. The minimum Gasteiger partial charge on any atom is -0.354 e. The molecule has 0 spiro atoms. The molecule has 5 rings (SSSR count). The van der Waals surface area contributed by atoms with E-state index in [0.29, 0.717) is 22.8 Å². The normalized spacial score (nSPS) is 14.6. The molecule has 2 N–H and O–H groups in total. The lowest BCUT2D eigenvalue weighted by molar-refractivity contribution is -0.112. The van der Waals surface area contributed by atoms with Crippen molar-refractivity contribution < 1.29 is 9.18 Å². The Morgan fingerprint density at radius 3 is 2.59 bits per heavy atom. The van der Waals surface area contributed by atoms with Crippen molar-refractivity contribution in [1.29, 1.82) is 0 Å². The van der Waals surface area contributed by atoms with E-state index in [1.54, 1.807) is 36.8 Å². The number of amides is 1. The highest BCUT2D eigenvalue weighted by Crippen LogP contribution is 2.28. The molecule has 4 aromatic rings. The highest BCUT2D eigenvalue weighted by Gasteiger charge is 2.15. The highest BCUT2D eigenvalue weighted by atomic mass is 19.1. The van der Waals surface area contributed by atoms with Crippen LogP contribution in [0.4, 0.5) is 27.5 Å². The Morgan fingerprint density at radius 1 is 1.00 bits per heavy atom. The molecule has 0 radical (unpaired) electrons. The van der Waals surface area contributed by atoms with E-state index in [1.165, 1.54) is 6.92 Å². The average Bonchev–Trinajstić information content (AvgIpc) is 2.89. The van der Waals surface area contributed by atoms with E-state index in [2.05, 4.69) is 42.4 Å². The highest BCUT2D eigenvalue weighted by molar-refractivity contribution is 6.00. The summed E-state index contributed by atoms with van der Waals surface area (Å²) in [4.78, 5) is 34.9. The third kappa shape index (κ3) is 5.87. The SMILES string of the molecule is C/C(F)=C\C(=O)Nc1cccc(-c2nccc3cnc(Nc4ccc(N5CCN(C)CC5)nc4)nc23)c1. The molecule has 1 amide bonds. The van der Waals surface area contributed by atoms with Crippen molar-refractivity contribution in [1.82, 2.24) is 24.8 Å². The Morgan fingerprint density at radius 2 is 1.84 bits per heavy atom. The molecule has 0 atom stereocenters. The van der Waals surface area contributed by atoms with Gasteiger partial charge in [-0.2, -0.15) is 0 Å². The van der Waals surface area contributed by atoms with Crippen LogP contribution in [0.25, 0.3) is 22.2 Å². The third-order valence-electron chi connectivity index (χ3n) is 6.06. The van der Waals surface area contributed by atoms with Crippen molar-refractivity contribution in [3.8, 4) is 11.3 Å². The Balaban J connectivity index is 1.38. The third-order valence-corrected chi connectivity index (χ3v) is 6.06. The molecule has 1 aromatic carbocycles. The quantitative estimate of drug-likeness (QED) is 0.378. The zero-order valence-electron chi connectivity index (χ0n) is 20.6. The number of anilines is 4. The van der Waals surface area contributed by atoms with E-state index in [1.807, 2.05) is 24.3 Å². The van der Waals surface area contributed by atoms with Crippen LogP contribution >= 0.6 is 0 Å². The van der Waals surface area contributed by atoms with E-state index in [-0.39, 0.29) is 0 Å². The van der Waals surface area contributed by atoms with Gasteiger partial charge in [-0.25, -0.2) is 19.3 Å². The summed E-state index contributed by atoms with van der Waals surface area (Å²) in [6.07, 6.45) is 6.11. The summed E-state index contributed by atoms with van der Waals surface area (Å²) in [6, 6.07) is 13.0. The van der Waals surface area contributed by atoms with Gasteiger partial charge in [-0.15, -0.1) is 0 Å². The number of aromatic nitrogens is 4. The second-order valence-electron chi connectivity index (χ2n) is 8.91. The molecule has 4 heterocycles. The van der Waals surface area contributed by atoms with Crippen LogP contribution < -0.4 is 15.5 Å². The molecular weight excluding hydrogens is 471 g/mol. The zero-order chi connectivity index (χ0) is 25.8. The van der Waals surface area contributed by atoms with Crippen molar-refractivity contribution in [3.63, 3.8) is 0 Å². The standard InChI is InChI=1S/C27H27FN8O/c1-18(28)14-24(37)32-21-5-3-4-19(15-21)25-26-20(8-9-29-25)16-31-27(34-26)33-22-6-7-23(30-17-22)36-12-10-35(2)11-13-36/h3-9,14-17H,10-13H2,1-2H3,(H,32,37)(H,31,33,34)/b18-14+. The van der Waals surface area contributed by atoms with Crippen LogP contribution in [0.3, 0.4) is 0 Å². The summed E-state index contributed by atoms with van der Waals surface area (Å²) < 4.78 is 13.0. The number of fused-ring (bicyclic) bond motifs is 1. The Labute approximate surface area is 214 Å². The molecule has 0 aliphatic carbocycles. The molecule has 1 aliphatic rings. The summed E-state index contributed by atoms with van der Waals surface area (Å²) >= 11 is 0. The lowest BCUT2D eigenvalue weighted by Crippen LogP contribution is -2.44. The fraction of sp³-hybridized carbons (Fsp3) is 0.222. The number of pyridine rings is 2. The van der Waals surface area contributed by atoms with Gasteiger partial charge in [-0.3, -0.25) is 9.78 Å².